The molecule has 0 heterocycles. The van der Waals surface area contributed by atoms with Crippen molar-refractivity contribution >= 4 is 17.9 Å². The number of hydrogen-bond acceptors (Lipinski definition) is 3. The molecule has 0 aliphatic rings. The van der Waals surface area contributed by atoms with E-state index in [1.807, 2.05) is 30.3 Å². The Morgan fingerprint density at radius 3 is 2.43 bits per heavy atom. The molecule has 114 valence electrons. The van der Waals surface area contributed by atoms with E-state index in [0.717, 1.165) is 5.56 Å². The fraction of sp³-hybridized carbons (Fsp3) is 0.357. The van der Waals surface area contributed by atoms with Gasteiger partial charge in [0.25, 0.3) is 0 Å². The Balaban J connectivity index is 2.33. The number of amides is 3. The summed E-state index contributed by atoms with van der Waals surface area (Å²) in [5, 5.41) is 13.8. The Labute approximate surface area is 122 Å². The van der Waals surface area contributed by atoms with E-state index in [0.29, 0.717) is 13.0 Å². The van der Waals surface area contributed by atoms with E-state index in [1.165, 1.54) is 0 Å². The largest absolute Gasteiger partial charge is 0.480 e. The molecule has 0 unspecified atom stereocenters. The zero-order valence-electron chi connectivity index (χ0n) is 11.5. The summed E-state index contributed by atoms with van der Waals surface area (Å²) in [5.74, 6) is -1.80. The fourth-order valence-corrected chi connectivity index (χ4v) is 1.72. The maximum atomic E-state index is 11.6. The molecule has 7 heteroatoms. The molecule has 3 amide bonds. The van der Waals surface area contributed by atoms with Crippen LogP contribution in [-0.2, 0) is 16.0 Å². The van der Waals surface area contributed by atoms with E-state index in [2.05, 4.69) is 10.6 Å². The molecule has 0 saturated heterocycles. The quantitative estimate of drug-likeness (QED) is 0.548. The monoisotopic (exact) mass is 293 g/mol. The van der Waals surface area contributed by atoms with Crippen molar-refractivity contribution in [2.75, 3.05) is 6.54 Å². The second-order valence-electron chi connectivity index (χ2n) is 4.53. The van der Waals surface area contributed by atoms with Crippen molar-refractivity contribution in [2.45, 2.75) is 25.3 Å². The molecule has 7 nitrogen and oxygen atoms in total. The standard InChI is InChI=1S/C14H19N3O4/c15-12(18)7-6-11(13(19)20)17-14(21)16-9-8-10-4-2-1-3-5-10/h1-5,11H,6-9H2,(H2,15,18)(H,19,20)(H2,16,17,21)/t11-/m0/s1. The van der Waals surface area contributed by atoms with Crippen molar-refractivity contribution in [3.8, 4) is 0 Å². The van der Waals surface area contributed by atoms with Gasteiger partial charge >= 0.3 is 12.0 Å². The minimum Gasteiger partial charge on any atom is -0.480 e. The highest BCUT2D eigenvalue weighted by atomic mass is 16.4. The zero-order chi connectivity index (χ0) is 15.7. The van der Waals surface area contributed by atoms with Crippen LogP contribution >= 0.6 is 0 Å². The normalized spacial score (nSPS) is 11.4. The van der Waals surface area contributed by atoms with E-state index in [9.17, 15) is 14.4 Å². The van der Waals surface area contributed by atoms with Gasteiger partial charge in [0, 0.05) is 13.0 Å². The molecule has 1 rings (SSSR count). The smallest absolute Gasteiger partial charge is 0.326 e. The van der Waals surface area contributed by atoms with Crippen LogP contribution in [0.15, 0.2) is 30.3 Å². The number of hydrogen-bond donors (Lipinski definition) is 4. The summed E-state index contributed by atoms with van der Waals surface area (Å²) in [6.45, 7) is 0.387. The Morgan fingerprint density at radius 2 is 1.86 bits per heavy atom. The molecule has 21 heavy (non-hydrogen) atoms. The Morgan fingerprint density at radius 1 is 1.19 bits per heavy atom. The van der Waals surface area contributed by atoms with Crippen molar-refractivity contribution in [1.82, 2.24) is 10.6 Å². The summed E-state index contributed by atoms with van der Waals surface area (Å²) in [4.78, 5) is 33.2. The first-order valence-electron chi connectivity index (χ1n) is 6.58. The number of nitrogens with two attached hydrogens (primary N) is 1. The van der Waals surface area contributed by atoms with Crippen LogP contribution in [-0.4, -0.2) is 35.6 Å². The highest BCUT2D eigenvalue weighted by molar-refractivity contribution is 5.83. The zero-order valence-corrected chi connectivity index (χ0v) is 11.5. The van der Waals surface area contributed by atoms with Crippen molar-refractivity contribution in [2.24, 2.45) is 5.73 Å². The Kier molecular flexibility index (Phi) is 6.73. The summed E-state index contributed by atoms with van der Waals surface area (Å²) in [6, 6.07) is 7.87. The molecular formula is C14H19N3O4. The lowest BCUT2D eigenvalue weighted by atomic mass is 10.1. The topological polar surface area (TPSA) is 122 Å². The van der Waals surface area contributed by atoms with Crippen LogP contribution in [0.25, 0.3) is 0 Å². The minimum absolute atomic E-state index is 0.0310. The van der Waals surface area contributed by atoms with E-state index in [4.69, 9.17) is 10.8 Å². The third kappa shape index (κ3) is 6.95. The van der Waals surface area contributed by atoms with Crippen molar-refractivity contribution in [3.63, 3.8) is 0 Å². The number of carboxylic acid groups (broad SMARTS) is 1. The van der Waals surface area contributed by atoms with Gasteiger partial charge < -0.3 is 21.5 Å². The van der Waals surface area contributed by atoms with Crippen molar-refractivity contribution in [3.05, 3.63) is 35.9 Å². The molecular weight excluding hydrogens is 274 g/mol. The number of rotatable bonds is 8. The predicted octanol–water partition coefficient (Wildman–Crippen LogP) is 0.247. The number of carboxylic acids is 1. The van der Waals surface area contributed by atoms with Crippen molar-refractivity contribution < 1.29 is 19.5 Å². The van der Waals surface area contributed by atoms with E-state index < -0.39 is 23.9 Å². The SMILES string of the molecule is NC(=O)CC[C@H](NC(=O)NCCc1ccccc1)C(=O)O. The van der Waals surface area contributed by atoms with Crippen LogP contribution in [0, 0.1) is 0 Å². The molecule has 0 aliphatic carbocycles. The lowest BCUT2D eigenvalue weighted by Gasteiger charge is -2.14. The molecule has 0 saturated carbocycles. The van der Waals surface area contributed by atoms with Gasteiger partial charge in [-0.2, -0.15) is 0 Å². The fourth-order valence-electron chi connectivity index (χ4n) is 1.72. The molecule has 0 aliphatic heterocycles. The first-order chi connectivity index (χ1) is 9.99. The maximum Gasteiger partial charge on any atom is 0.326 e. The summed E-state index contributed by atoms with van der Waals surface area (Å²) in [6.07, 6.45) is 0.519. The van der Waals surface area contributed by atoms with Gasteiger partial charge in [-0.25, -0.2) is 9.59 Å². The molecule has 1 atom stereocenters. The van der Waals surface area contributed by atoms with Crippen LogP contribution in [0.5, 0.6) is 0 Å². The molecule has 1 aromatic carbocycles. The van der Waals surface area contributed by atoms with Crippen LogP contribution in [0.3, 0.4) is 0 Å². The van der Waals surface area contributed by atoms with Crippen LogP contribution in [0.2, 0.25) is 0 Å². The van der Waals surface area contributed by atoms with Gasteiger partial charge in [-0.1, -0.05) is 30.3 Å². The van der Waals surface area contributed by atoms with Gasteiger partial charge in [0.15, 0.2) is 0 Å². The van der Waals surface area contributed by atoms with Crippen LogP contribution < -0.4 is 16.4 Å². The highest BCUT2D eigenvalue weighted by Crippen LogP contribution is 1.99. The molecule has 0 fully saturated rings. The second kappa shape index (κ2) is 8.57. The van der Waals surface area contributed by atoms with Gasteiger partial charge in [0.2, 0.25) is 5.91 Å². The first-order valence-corrected chi connectivity index (χ1v) is 6.58. The maximum absolute atomic E-state index is 11.6. The number of primary amides is 1. The summed E-state index contributed by atoms with van der Waals surface area (Å²) in [7, 11) is 0. The molecule has 0 bridgehead atoms. The van der Waals surface area contributed by atoms with E-state index in [1.54, 1.807) is 0 Å². The summed E-state index contributed by atoms with van der Waals surface area (Å²) < 4.78 is 0. The first kappa shape index (κ1) is 16.5. The van der Waals surface area contributed by atoms with Gasteiger partial charge in [-0.15, -0.1) is 0 Å². The van der Waals surface area contributed by atoms with E-state index >= 15 is 0 Å². The third-order valence-corrected chi connectivity index (χ3v) is 2.82. The summed E-state index contributed by atoms with van der Waals surface area (Å²) >= 11 is 0. The molecule has 5 N–H and O–H groups in total. The lowest BCUT2D eigenvalue weighted by Crippen LogP contribution is -2.46. The predicted molar refractivity (Wildman–Crippen MR) is 76.5 cm³/mol. The average Bonchev–Trinajstić information content (AvgIpc) is 2.44. The third-order valence-electron chi connectivity index (χ3n) is 2.82. The molecule has 0 aromatic heterocycles. The lowest BCUT2D eigenvalue weighted by molar-refractivity contribution is -0.139. The molecule has 1 aromatic rings. The number of aliphatic carboxylic acids is 1. The number of carbonyl (C=O) groups excluding carboxylic acids is 2. The van der Waals surface area contributed by atoms with Crippen LogP contribution in [0.1, 0.15) is 18.4 Å². The Hall–Kier alpha value is -2.57. The van der Waals surface area contributed by atoms with Gasteiger partial charge in [0.1, 0.15) is 6.04 Å². The van der Waals surface area contributed by atoms with Crippen molar-refractivity contribution in [1.29, 1.82) is 0 Å². The Bertz CT molecular complexity index is 490. The molecule has 0 spiro atoms. The van der Waals surface area contributed by atoms with E-state index in [-0.39, 0.29) is 12.8 Å². The second-order valence-corrected chi connectivity index (χ2v) is 4.53. The number of urea groups is 1. The highest BCUT2D eigenvalue weighted by Gasteiger charge is 2.20. The van der Waals surface area contributed by atoms with Gasteiger partial charge in [0.05, 0.1) is 0 Å². The summed E-state index contributed by atoms with van der Waals surface area (Å²) in [5.41, 5.74) is 6.03. The minimum atomic E-state index is -1.20. The number of nitrogens with one attached hydrogen (secondary N) is 2. The van der Waals surface area contributed by atoms with Gasteiger partial charge in [-0.3, -0.25) is 4.79 Å². The number of benzene rings is 1. The average molecular weight is 293 g/mol. The molecule has 0 radical (unpaired) electrons. The number of carbonyl (C=O) groups is 3. The van der Waals surface area contributed by atoms with Gasteiger partial charge in [-0.05, 0) is 18.4 Å². The van der Waals surface area contributed by atoms with Crippen LogP contribution in [0.4, 0.5) is 4.79 Å².